The molecule has 0 spiro atoms. The molecule has 1 aromatic rings. The van der Waals surface area contributed by atoms with Crippen molar-refractivity contribution in [2.75, 3.05) is 56.7 Å². The van der Waals surface area contributed by atoms with Crippen LogP contribution >= 0.6 is 0 Å². The molecule has 0 saturated carbocycles. The summed E-state index contributed by atoms with van der Waals surface area (Å²) in [5.74, 6) is -4.34. The first-order valence-electron chi connectivity index (χ1n) is 13.4. The minimum Gasteiger partial charge on any atom is -0.378 e. The number of rotatable bonds is 5. The van der Waals surface area contributed by atoms with E-state index in [0.717, 1.165) is 12.1 Å². The lowest BCUT2D eigenvalue weighted by molar-refractivity contribution is -0.124. The maximum Gasteiger partial charge on any atom is 0.414 e. The molecule has 0 radical (unpaired) electrons. The molecule has 2 fully saturated rings. The highest BCUT2D eigenvalue weighted by molar-refractivity contribution is 6.11. The normalized spacial score (nSPS) is 26.8. The Morgan fingerprint density at radius 1 is 1.15 bits per heavy atom. The fourth-order valence-electron chi connectivity index (χ4n) is 5.63. The van der Waals surface area contributed by atoms with Crippen LogP contribution < -0.4 is 10.2 Å². The number of carbonyl (C=O) groups is 2. The van der Waals surface area contributed by atoms with Crippen LogP contribution in [0.15, 0.2) is 34.9 Å². The summed E-state index contributed by atoms with van der Waals surface area (Å²) in [6, 6.07) is 3.47. The molecule has 12 heteroatoms. The average Bonchev–Trinajstić information content (AvgIpc) is 2.86. The molecule has 8 nitrogen and oxygen atoms in total. The highest BCUT2D eigenvalue weighted by Gasteiger charge is 2.43. The lowest BCUT2D eigenvalue weighted by atomic mass is 9.94. The maximum absolute atomic E-state index is 15.7. The van der Waals surface area contributed by atoms with Crippen molar-refractivity contribution in [3.8, 4) is 0 Å². The van der Waals surface area contributed by atoms with Gasteiger partial charge in [0.1, 0.15) is 11.7 Å². The lowest BCUT2D eigenvalue weighted by Crippen LogP contribution is -2.55. The van der Waals surface area contributed by atoms with Gasteiger partial charge in [-0.25, -0.2) is 9.38 Å². The zero-order chi connectivity index (χ0) is 28.8. The molecule has 216 valence electrons. The van der Waals surface area contributed by atoms with E-state index >= 15 is 4.39 Å². The van der Waals surface area contributed by atoms with Crippen LogP contribution in [-0.4, -0.2) is 98.6 Å². The van der Waals surface area contributed by atoms with Crippen molar-refractivity contribution in [3.63, 3.8) is 0 Å². The topological polar surface area (TPSA) is 77.5 Å². The molecule has 1 unspecified atom stereocenters. The lowest BCUT2D eigenvalue weighted by Gasteiger charge is -2.44. The van der Waals surface area contributed by atoms with Crippen LogP contribution in [0.2, 0.25) is 0 Å². The fraction of sp³-hybridized carbons (Fsp3) is 0.536. The first-order valence-corrected chi connectivity index (χ1v) is 13.4. The highest BCUT2D eigenvalue weighted by Crippen LogP contribution is 2.38. The van der Waals surface area contributed by atoms with Gasteiger partial charge in [0.05, 0.1) is 36.2 Å². The van der Waals surface area contributed by atoms with Crippen LogP contribution in [-0.2, 0) is 14.3 Å². The van der Waals surface area contributed by atoms with Gasteiger partial charge in [0.25, 0.3) is 5.91 Å². The van der Waals surface area contributed by atoms with Crippen LogP contribution in [0.25, 0.3) is 5.57 Å². The first kappa shape index (κ1) is 28.4. The molecular weight excluding hydrogens is 530 g/mol. The molecule has 4 aliphatic rings. The molecule has 0 aromatic heterocycles. The van der Waals surface area contributed by atoms with Gasteiger partial charge < -0.3 is 15.0 Å². The predicted octanol–water partition coefficient (Wildman–Crippen LogP) is 3.50. The van der Waals surface area contributed by atoms with Gasteiger partial charge in [-0.05, 0) is 45.0 Å². The van der Waals surface area contributed by atoms with Gasteiger partial charge in [-0.2, -0.15) is 13.2 Å². The number of nitrogens with zero attached hydrogens (tertiary/aromatic N) is 4. The number of nitrogens with one attached hydrogen (secondary N) is 1. The van der Waals surface area contributed by atoms with Crippen molar-refractivity contribution in [2.45, 2.75) is 44.6 Å². The summed E-state index contributed by atoms with van der Waals surface area (Å²) in [5, 5.41) is 2.63. The van der Waals surface area contributed by atoms with Crippen molar-refractivity contribution in [1.82, 2.24) is 9.80 Å². The third kappa shape index (κ3) is 5.70. The Labute approximate surface area is 230 Å². The molecule has 1 aromatic carbocycles. The number of likely N-dealkylation sites (N-methyl/N-ethyl adjacent to an activating group) is 1. The van der Waals surface area contributed by atoms with Crippen molar-refractivity contribution < 1.29 is 31.9 Å². The molecule has 2 amide bonds. The minimum atomic E-state index is -4.90. The fourth-order valence-corrected chi connectivity index (χ4v) is 5.63. The van der Waals surface area contributed by atoms with E-state index in [1.807, 2.05) is 31.9 Å². The Balaban J connectivity index is 1.49. The van der Waals surface area contributed by atoms with Gasteiger partial charge in [-0.1, -0.05) is 6.08 Å². The first-order chi connectivity index (χ1) is 18.9. The Hall–Kier alpha value is -3.09. The molecule has 4 heterocycles. The largest absolute Gasteiger partial charge is 0.414 e. The number of anilines is 2. The molecule has 2 saturated heterocycles. The van der Waals surface area contributed by atoms with Gasteiger partial charge in [0, 0.05) is 56.1 Å². The monoisotopic (exact) mass is 563 g/mol. The second kappa shape index (κ2) is 11.1. The molecular formula is C28H33F4N5O3. The van der Waals surface area contributed by atoms with E-state index in [0.29, 0.717) is 68.9 Å². The maximum atomic E-state index is 15.7. The standard InChI is InChI=1S/C28H33F4N5O3/c1-16-12-37(13-17(2)35(16)3)25-10-23(29)20(18-4-6-36(7-5-18)19-14-40-15-19)8-24(25)34-27(39)21-11-33-26(38)9-22(21)28(30,31)32/h4,8-11,16-17,19,21H,5-7,12-15H2,1-3H3,(H,34,39)/t16-,17+,21?. The summed E-state index contributed by atoms with van der Waals surface area (Å²) in [7, 11) is 2.00. The minimum absolute atomic E-state index is 0.119. The molecule has 0 aliphatic carbocycles. The van der Waals surface area contributed by atoms with Gasteiger partial charge in [-0.15, -0.1) is 0 Å². The number of hydrogen-bond donors (Lipinski definition) is 1. The number of hydrogen-bond acceptors (Lipinski definition) is 6. The smallest absolute Gasteiger partial charge is 0.378 e. The molecule has 3 atom stereocenters. The number of ether oxygens (including phenoxy) is 1. The van der Waals surface area contributed by atoms with Gasteiger partial charge >= 0.3 is 6.18 Å². The van der Waals surface area contributed by atoms with E-state index < -0.39 is 35.3 Å². The number of benzene rings is 1. The molecule has 4 aliphatic heterocycles. The predicted molar refractivity (Wildman–Crippen MR) is 144 cm³/mol. The number of amides is 2. The van der Waals surface area contributed by atoms with Gasteiger partial charge in [0.15, 0.2) is 0 Å². The van der Waals surface area contributed by atoms with Crippen molar-refractivity contribution >= 4 is 35.0 Å². The summed E-state index contributed by atoms with van der Waals surface area (Å²) in [4.78, 5) is 34.7. The number of alkyl halides is 3. The van der Waals surface area contributed by atoms with Gasteiger partial charge in [0.2, 0.25) is 5.91 Å². The summed E-state index contributed by atoms with van der Waals surface area (Å²) in [6.45, 7) is 7.85. The summed E-state index contributed by atoms with van der Waals surface area (Å²) in [6.07, 6.45) is -1.30. The SMILES string of the molecule is C[C@@H]1CN(c2cc(F)c(C3=CCN(C4COC4)CC3)cc2NC(=O)C2C=NC(=O)C=C2C(F)(F)F)C[C@H](C)N1C. The number of carbonyl (C=O) groups excluding carboxylic acids is 2. The number of aliphatic imine (C=N–C) groups is 1. The summed E-state index contributed by atoms with van der Waals surface area (Å²) < 4.78 is 62.0. The van der Waals surface area contributed by atoms with Crippen molar-refractivity contribution in [3.05, 3.63) is 41.2 Å². The quantitative estimate of drug-likeness (QED) is 0.553. The Morgan fingerprint density at radius 2 is 1.85 bits per heavy atom. The molecule has 5 rings (SSSR count). The molecule has 1 N–H and O–H groups in total. The molecule has 40 heavy (non-hydrogen) atoms. The Morgan fingerprint density at radius 3 is 2.42 bits per heavy atom. The van der Waals surface area contributed by atoms with Crippen LogP contribution in [0.1, 0.15) is 25.8 Å². The van der Waals surface area contributed by atoms with E-state index in [4.69, 9.17) is 4.74 Å². The van der Waals surface area contributed by atoms with E-state index in [9.17, 15) is 22.8 Å². The number of halogens is 4. The van der Waals surface area contributed by atoms with Gasteiger partial charge in [-0.3, -0.25) is 19.4 Å². The van der Waals surface area contributed by atoms with E-state index in [1.54, 1.807) is 0 Å². The van der Waals surface area contributed by atoms with E-state index in [1.165, 1.54) is 12.1 Å². The van der Waals surface area contributed by atoms with Crippen molar-refractivity contribution in [2.24, 2.45) is 10.9 Å². The summed E-state index contributed by atoms with van der Waals surface area (Å²) >= 11 is 0. The average molecular weight is 564 g/mol. The van der Waals surface area contributed by atoms with Crippen molar-refractivity contribution in [1.29, 1.82) is 0 Å². The zero-order valence-corrected chi connectivity index (χ0v) is 22.7. The Bertz CT molecular complexity index is 1260. The third-order valence-corrected chi connectivity index (χ3v) is 8.34. The Kier molecular flexibility index (Phi) is 7.86. The number of dihydropyridines is 1. The summed E-state index contributed by atoms with van der Waals surface area (Å²) in [5.41, 5.74) is 0.404. The van der Waals surface area contributed by atoms with E-state index in [-0.39, 0.29) is 17.8 Å². The van der Waals surface area contributed by atoms with Crippen LogP contribution in [0.3, 0.4) is 0 Å². The second-order valence-electron chi connectivity index (χ2n) is 11.0. The van der Waals surface area contributed by atoms with E-state index in [2.05, 4.69) is 20.1 Å². The number of piperazine rings is 1. The second-order valence-corrected chi connectivity index (χ2v) is 11.0. The molecule has 0 bridgehead atoms. The van der Waals surface area contributed by atoms with Crippen LogP contribution in [0.5, 0.6) is 0 Å². The third-order valence-electron chi connectivity index (χ3n) is 8.34. The highest BCUT2D eigenvalue weighted by atomic mass is 19.4. The van der Waals surface area contributed by atoms with Crippen LogP contribution in [0, 0.1) is 11.7 Å². The van der Waals surface area contributed by atoms with Crippen LogP contribution in [0.4, 0.5) is 28.9 Å². The zero-order valence-electron chi connectivity index (χ0n) is 22.7.